The van der Waals surface area contributed by atoms with Crippen molar-refractivity contribution in [3.63, 3.8) is 0 Å². The zero-order chi connectivity index (χ0) is 26.5. The van der Waals surface area contributed by atoms with Crippen molar-refractivity contribution < 1.29 is 18.7 Å². The molecule has 0 amide bonds. The van der Waals surface area contributed by atoms with Crippen molar-refractivity contribution in [3.8, 4) is 0 Å². The fraction of sp³-hybridized carbons (Fsp3) is 0.143. The highest BCUT2D eigenvalue weighted by Gasteiger charge is 2.29. The molecule has 188 valence electrons. The molecular weight excluding hydrogens is 493 g/mol. The number of fused-ring (bicyclic) bond motifs is 4. The standard InChI is InChI=1S/C28H18FN3O6/c29-19-7-17-22-27(23(19)31-6-5-12(30)10-31)38-21-9-16-15(24(33)13-3-1-2-4-14(13)25(16)34)8-20(21)32(22)11-18(26(17)35)28(36)37/h1-4,7-9,11-12H,5-6,10,30H2,(H,36,37)/t12-/m0/s1. The summed E-state index contributed by atoms with van der Waals surface area (Å²) in [6.45, 7) is 0.815. The van der Waals surface area contributed by atoms with Crippen molar-refractivity contribution >= 4 is 60.8 Å². The summed E-state index contributed by atoms with van der Waals surface area (Å²) in [5, 5.41) is 10.3. The van der Waals surface area contributed by atoms with Gasteiger partial charge in [-0.3, -0.25) is 14.4 Å². The van der Waals surface area contributed by atoms with Crippen molar-refractivity contribution in [3.05, 3.63) is 90.7 Å². The first-order valence-corrected chi connectivity index (χ1v) is 11.9. The number of aromatic carboxylic acids is 1. The summed E-state index contributed by atoms with van der Waals surface area (Å²) >= 11 is 0. The van der Waals surface area contributed by atoms with Gasteiger partial charge in [-0.15, -0.1) is 0 Å². The number of carboxylic acid groups (broad SMARTS) is 1. The van der Waals surface area contributed by atoms with Crippen LogP contribution < -0.4 is 26.9 Å². The van der Waals surface area contributed by atoms with Gasteiger partial charge in [-0.2, -0.15) is 0 Å². The zero-order valence-corrected chi connectivity index (χ0v) is 19.7. The van der Waals surface area contributed by atoms with Gasteiger partial charge in [0.05, 0.1) is 10.9 Å². The Morgan fingerprint density at radius 3 is 2.29 bits per heavy atom. The minimum Gasteiger partial charge on any atom is -0.477 e. The van der Waals surface area contributed by atoms with Crippen molar-refractivity contribution in [2.24, 2.45) is 5.73 Å². The molecule has 3 heterocycles. The van der Waals surface area contributed by atoms with Crippen molar-refractivity contribution in [1.82, 2.24) is 4.40 Å². The number of rotatable bonds is 2. The van der Waals surface area contributed by atoms with Gasteiger partial charge >= 0.3 is 5.97 Å². The van der Waals surface area contributed by atoms with Crippen molar-refractivity contribution in [1.29, 1.82) is 0 Å². The minimum absolute atomic E-state index is 0.0190. The average molecular weight is 511 g/mol. The maximum absolute atomic E-state index is 15.6. The van der Waals surface area contributed by atoms with Crippen LogP contribution in [-0.2, 0) is 0 Å². The number of carbonyl (C=O) groups is 1. The molecule has 1 aliphatic heterocycles. The van der Waals surface area contributed by atoms with E-state index >= 15 is 4.39 Å². The van der Waals surface area contributed by atoms with Crippen LogP contribution in [0.5, 0.6) is 0 Å². The number of nitrogens with zero attached hydrogens (tertiary/aromatic N) is 2. The monoisotopic (exact) mass is 511 g/mol. The second kappa shape index (κ2) is 7.59. The van der Waals surface area contributed by atoms with E-state index in [1.165, 1.54) is 16.5 Å². The lowest BCUT2D eigenvalue weighted by Gasteiger charge is -2.22. The molecule has 2 aromatic heterocycles. The van der Waals surface area contributed by atoms with Crippen LogP contribution in [0.3, 0.4) is 0 Å². The Bertz CT molecular complexity index is 2200. The molecule has 4 aromatic carbocycles. The molecule has 3 N–H and O–H groups in total. The first kappa shape index (κ1) is 22.4. The molecule has 9 nitrogen and oxygen atoms in total. The van der Waals surface area contributed by atoms with Gasteiger partial charge in [0.1, 0.15) is 16.8 Å². The van der Waals surface area contributed by atoms with Gasteiger partial charge in [0.15, 0.2) is 27.8 Å². The van der Waals surface area contributed by atoms with Crippen LogP contribution in [0.4, 0.5) is 10.1 Å². The Labute approximate surface area is 211 Å². The number of nitrogens with two attached hydrogens (primary N) is 1. The molecule has 1 aliphatic rings. The summed E-state index contributed by atoms with van der Waals surface area (Å²) in [5.41, 5.74) is 4.54. The van der Waals surface area contributed by atoms with Crippen LogP contribution in [0.15, 0.2) is 67.5 Å². The Balaban J connectivity index is 1.73. The Hall–Kier alpha value is -4.83. The van der Waals surface area contributed by atoms with E-state index in [0.717, 1.165) is 12.3 Å². The number of hydrogen-bond acceptors (Lipinski definition) is 7. The SMILES string of the molecule is N[C@H]1CCN(c2c(F)cc3c(=O)c(C(=O)O)cn4c5cc6c(=O)c7ccccc7c(=O)c6cc5oc2c34)C1. The number of anilines is 1. The number of pyridine rings is 1. The summed E-state index contributed by atoms with van der Waals surface area (Å²) in [5.74, 6) is -2.24. The Morgan fingerprint density at radius 1 is 0.974 bits per heavy atom. The third kappa shape index (κ3) is 2.88. The van der Waals surface area contributed by atoms with Crippen LogP contribution in [0.2, 0.25) is 0 Å². The quantitative estimate of drug-likeness (QED) is 0.268. The van der Waals surface area contributed by atoms with Gasteiger partial charge in [0, 0.05) is 46.9 Å². The highest BCUT2D eigenvalue weighted by molar-refractivity contribution is 6.08. The fourth-order valence-corrected chi connectivity index (χ4v) is 5.63. The minimum atomic E-state index is -1.48. The number of halogens is 1. The molecule has 0 unspecified atom stereocenters. The molecule has 0 bridgehead atoms. The molecule has 0 saturated carbocycles. The van der Waals surface area contributed by atoms with Crippen LogP contribution in [0.1, 0.15) is 16.8 Å². The first-order chi connectivity index (χ1) is 18.2. The van der Waals surface area contributed by atoms with Gasteiger partial charge in [0.2, 0.25) is 5.43 Å². The molecule has 10 heteroatoms. The van der Waals surface area contributed by atoms with Crippen LogP contribution in [-0.4, -0.2) is 34.6 Å². The van der Waals surface area contributed by atoms with Gasteiger partial charge in [0.25, 0.3) is 0 Å². The molecule has 7 rings (SSSR count). The van der Waals surface area contributed by atoms with Crippen LogP contribution in [0.25, 0.3) is 49.1 Å². The topological polar surface area (TPSA) is 135 Å². The lowest BCUT2D eigenvalue weighted by molar-refractivity contribution is 0.0695. The molecule has 38 heavy (non-hydrogen) atoms. The summed E-state index contributed by atoms with van der Waals surface area (Å²) in [7, 11) is 0. The van der Waals surface area contributed by atoms with E-state index in [0.29, 0.717) is 19.5 Å². The summed E-state index contributed by atoms with van der Waals surface area (Å²) in [6.07, 6.45) is 1.77. The summed E-state index contributed by atoms with van der Waals surface area (Å²) in [4.78, 5) is 53.4. The lowest BCUT2D eigenvalue weighted by atomic mass is 10.0. The van der Waals surface area contributed by atoms with Crippen LogP contribution >= 0.6 is 0 Å². The van der Waals surface area contributed by atoms with E-state index in [1.54, 1.807) is 29.2 Å². The van der Waals surface area contributed by atoms with E-state index in [9.17, 15) is 24.3 Å². The van der Waals surface area contributed by atoms with E-state index in [1.807, 2.05) is 0 Å². The molecule has 6 aromatic rings. The van der Waals surface area contributed by atoms with Gasteiger partial charge < -0.3 is 24.6 Å². The third-order valence-electron chi connectivity index (χ3n) is 7.42. The van der Waals surface area contributed by atoms with E-state index in [4.69, 9.17) is 10.2 Å². The Kier molecular flexibility index (Phi) is 4.47. The first-order valence-electron chi connectivity index (χ1n) is 11.9. The summed E-state index contributed by atoms with van der Waals surface area (Å²) in [6, 6.07) is 10.2. The second-order valence-electron chi connectivity index (χ2n) is 9.65. The number of aromatic nitrogens is 1. The Morgan fingerprint density at radius 2 is 1.66 bits per heavy atom. The highest BCUT2D eigenvalue weighted by atomic mass is 19.1. The second-order valence-corrected chi connectivity index (χ2v) is 9.65. The predicted molar refractivity (Wildman–Crippen MR) is 141 cm³/mol. The molecule has 1 saturated heterocycles. The molecule has 1 atom stereocenters. The van der Waals surface area contributed by atoms with Crippen molar-refractivity contribution in [2.45, 2.75) is 12.5 Å². The molecule has 0 spiro atoms. The normalized spacial score (nSPS) is 16.1. The smallest absolute Gasteiger partial charge is 0.341 e. The highest BCUT2D eigenvalue weighted by Crippen LogP contribution is 2.37. The number of carboxylic acids is 1. The van der Waals surface area contributed by atoms with Gasteiger partial charge in [-0.05, 0) is 24.6 Å². The number of hydrogen-bond donors (Lipinski definition) is 2. The van der Waals surface area contributed by atoms with Gasteiger partial charge in [-0.25, -0.2) is 9.18 Å². The number of benzene rings is 4. The summed E-state index contributed by atoms with van der Waals surface area (Å²) < 4.78 is 23.2. The lowest BCUT2D eigenvalue weighted by Crippen LogP contribution is -2.27. The van der Waals surface area contributed by atoms with E-state index in [2.05, 4.69) is 0 Å². The zero-order valence-electron chi connectivity index (χ0n) is 19.7. The molecule has 0 radical (unpaired) electrons. The van der Waals surface area contributed by atoms with E-state index < -0.39 is 22.8 Å². The van der Waals surface area contributed by atoms with Gasteiger partial charge in [-0.1, -0.05) is 24.3 Å². The fourth-order valence-electron chi connectivity index (χ4n) is 5.63. The van der Waals surface area contributed by atoms with Crippen LogP contribution in [0, 0.1) is 5.82 Å². The average Bonchev–Trinajstić information content (AvgIpc) is 3.33. The third-order valence-corrected chi connectivity index (χ3v) is 7.42. The predicted octanol–water partition coefficient (Wildman–Crippen LogP) is 3.04. The molecule has 1 fully saturated rings. The maximum Gasteiger partial charge on any atom is 0.341 e. The largest absolute Gasteiger partial charge is 0.477 e. The molecule has 0 aliphatic carbocycles. The van der Waals surface area contributed by atoms with Crippen molar-refractivity contribution in [2.75, 3.05) is 18.0 Å². The molecular formula is C28H18FN3O6. The van der Waals surface area contributed by atoms with E-state index in [-0.39, 0.29) is 71.7 Å². The maximum atomic E-state index is 15.6.